The number of rotatable bonds is 32. The van der Waals surface area contributed by atoms with E-state index in [2.05, 4.69) is 52.2 Å². The van der Waals surface area contributed by atoms with E-state index in [-0.39, 0.29) is 5.92 Å². The molecule has 0 bridgehead atoms. The zero-order valence-corrected chi connectivity index (χ0v) is 30.8. The third kappa shape index (κ3) is 18.8. The molecule has 2 aromatic carbocycles. The Kier molecular flexibility index (Phi) is 24.3. The fraction of sp³-hybridized carbons (Fsp3) is 0.639. The summed E-state index contributed by atoms with van der Waals surface area (Å²) in [5, 5.41) is 2.81. The third-order valence-corrected chi connectivity index (χ3v) is 7.72. The number of hydrogen-bond donors (Lipinski definition) is 1. The molecule has 0 radical (unpaired) electrons. The van der Waals surface area contributed by atoms with Crippen LogP contribution in [0.2, 0.25) is 0 Å². The number of alkyl carbamates (subject to hydrolysis) is 1. The highest BCUT2D eigenvalue weighted by atomic mass is 127. The Morgan fingerprint density at radius 2 is 0.857 bits per heavy atom. The van der Waals surface area contributed by atoms with Crippen LogP contribution in [-0.4, -0.2) is 143 Å². The molecule has 276 valence electrons. The minimum atomic E-state index is -0.412. The summed E-state index contributed by atoms with van der Waals surface area (Å²) >= 11 is 2.28. The Morgan fingerprint density at radius 3 is 1.24 bits per heavy atom. The lowest BCUT2D eigenvalue weighted by atomic mass is 9.98. The first-order valence-corrected chi connectivity index (χ1v) is 18.7. The molecule has 1 aliphatic rings. The molecule has 0 saturated carbocycles. The van der Waals surface area contributed by atoms with E-state index in [4.69, 9.17) is 47.4 Å². The van der Waals surface area contributed by atoms with Crippen LogP contribution in [0.1, 0.15) is 23.5 Å². The molecule has 2 aromatic rings. The summed E-state index contributed by atoms with van der Waals surface area (Å²) in [5.74, 6) is 0.0533. The van der Waals surface area contributed by atoms with E-state index in [1.807, 2.05) is 24.3 Å². The largest absolute Gasteiger partial charge is 0.449 e. The lowest BCUT2D eigenvalue weighted by molar-refractivity contribution is -0.0247. The summed E-state index contributed by atoms with van der Waals surface area (Å²) in [4.78, 5) is 12.2. The van der Waals surface area contributed by atoms with Crippen molar-refractivity contribution in [2.24, 2.45) is 0 Å². The quantitative estimate of drug-likeness (QED) is 0.0640. The molecule has 0 aliphatic heterocycles. The smallest absolute Gasteiger partial charge is 0.407 e. The molecule has 0 aromatic heterocycles. The van der Waals surface area contributed by atoms with Crippen LogP contribution in [0, 0.1) is 0 Å². The van der Waals surface area contributed by atoms with Gasteiger partial charge in [-0.1, -0.05) is 71.1 Å². The second-order valence-corrected chi connectivity index (χ2v) is 11.9. The second-order valence-electron chi connectivity index (χ2n) is 10.8. The van der Waals surface area contributed by atoms with Crippen LogP contribution in [0.3, 0.4) is 0 Å². The van der Waals surface area contributed by atoms with Crippen LogP contribution < -0.4 is 5.32 Å². The molecule has 1 N–H and O–H groups in total. The van der Waals surface area contributed by atoms with Gasteiger partial charge in [-0.15, -0.1) is 0 Å². The Bertz CT molecular complexity index is 1070. The predicted molar refractivity (Wildman–Crippen MR) is 194 cm³/mol. The summed E-state index contributed by atoms with van der Waals surface area (Å²) in [6.07, 6.45) is 0.277. The molecule has 0 heterocycles. The molecule has 0 unspecified atom stereocenters. The summed E-state index contributed by atoms with van der Waals surface area (Å²) in [7, 11) is 0. The van der Waals surface area contributed by atoms with E-state index in [1.165, 1.54) is 22.3 Å². The van der Waals surface area contributed by atoms with Gasteiger partial charge in [0.2, 0.25) is 0 Å². The van der Waals surface area contributed by atoms with E-state index < -0.39 is 6.09 Å². The topological polar surface area (TPSA) is 121 Å². The molecule has 13 heteroatoms. The van der Waals surface area contributed by atoms with Crippen molar-refractivity contribution < 1.29 is 52.2 Å². The number of carbonyl (C=O) groups excluding carboxylic acids is 1. The molecule has 49 heavy (non-hydrogen) atoms. The number of fused-ring (bicyclic) bond motifs is 3. The molecule has 0 fully saturated rings. The molecule has 1 amide bonds. The lowest BCUT2D eigenvalue weighted by Crippen LogP contribution is -2.27. The van der Waals surface area contributed by atoms with Gasteiger partial charge in [0.1, 0.15) is 6.61 Å². The van der Waals surface area contributed by atoms with E-state index in [0.717, 1.165) is 11.0 Å². The highest BCUT2D eigenvalue weighted by Crippen LogP contribution is 2.44. The van der Waals surface area contributed by atoms with Gasteiger partial charge in [0, 0.05) is 23.5 Å². The molecular weight excluding hydrogens is 749 g/mol. The SMILES string of the molecule is O=C(NCCCOCCOCCOCCOCCOCCOCCOCCOCCOCCI)OCC1c2ccccc2-c2ccccc21. The monoisotopic (exact) mass is 803 g/mol. The van der Waals surface area contributed by atoms with Gasteiger partial charge in [0.25, 0.3) is 0 Å². The minimum absolute atomic E-state index is 0.0533. The fourth-order valence-electron chi connectivity index (χ4n) is 4.93. The van der Waals surface area contributed by atoms with Crippen molar-refractivity contribution >= 4 is 28.7 Å². The average molecular weight is 804 g/mol. The van der Waals surface area contributed by atoms with Crippen molar-refractivity contribution in [3.63, 3.8) is 0 Å². The van der Waals surface area contributed by atoms with Gasteiger partial charge in [-0.2, -0.15) is 0 Å². The van der Waals surface area contributed by atoms with E-state index >= 15 is 0 Å². The van der Waals surface area contributed by atoms with Crippen LogP contribution in [-0.2, 0) is 47.4 Å². The number of amides is 1. The number of carbonyl (C=O) groups is 1. The maximum Gasteiger partial charge on any atom is 0.407 e. The Hall–Kier alpha value is -1.92. The number of halogens is 1. The van der Waals surface area contributed by atoms with E-state index in [9.17, 15) is 4.79 Å². The number of alkyl halides is 1. The molecular formula is C36H54INO11. The fourth-order valence-corrected chi connectivity index (χ4v) is 5.24. The Labute approximate surface area is 304 Å². The normalized spacial score (nSPS) is 12.3. The van der Waals surface area contributed by atoms with Crippen LogP contribution in [0.5, 0.6) is 0 Å². The van der Waals surface area contributed by atoms with Gasteiger partial charge in [-0.25, -0.2) is 4.79 Å². The van der Waals surface area contributed by atoms with Gasteiger partial charge in [-0.05, 0) is 28.7 Å². The molecule has 12 nitrogen and oxygen atoms in total. The molecule has 0 spiro atoms. The lowest BCUT2D eigenvalue weighted by Gasteiger charge is -2.14. The first-order valence-electron chi connectivity index (χ1n) is 17.2. The Balaban J connectivity index is 0.979. The molecule has 1 aliphatic carbocycles. The third-order valence-electron chi connectivity index (χ3n) is 7.28. The number of benzene rings is 2. The van der Waals surface area contributed by atoms with Crippen molar-refractivity contribution in [3.05, 3.63) is 59.7 Å². The first-order chi connectivity index (χ1) is 24.3. The van der Waals surface area contributed by atoms with Gasteiger partial charge in [0.15, 0.2) is 0 Å². The zero-order chi connectivity index (χ0) is 34.5. The van der Waals surface area contributed by atoms with Crippen LogP contribution in [0.15, 0.2) is 48.5 Å². The highest BCUT2D eigenvalue weighted by Gasteiger charge is 2.28. The Morgan fingerprint density at radius 1 is 0.510 bits per heavy atom. The highest BCUT2D eigenvalue weighted by molar-refractivity contribution is 14.1. The standard InChI is InChI=1S/C36H54INO11/c37-10-13-41-15-17-43-19-21-45-23-25-47-27-29-48-28-26-46-24-22-44-20-18-42-16-14-40-12-5-11-38-36(39)49-30-35-33-8-3-1-6-31(33)32-7-2-4-9-34(32)35/h1-4,6-9,35H,5,10-30H2,(H,38,39). The summed E-state index contributed by atoms with van der Waals surface area (Å²) in [6.45, 7) is 10.4. The number of hydrogen-bond acceptors (Lipinski definition) is 11. The zero-order valence-electron chi connectivity index (χ0n) is 28.6. The van der Waals surface area contributed by atoms with Crippen molar-refractivity contribution in [1.29, 1.82) is 0 Å². The van der Waals surface area contributed by atoms with Crippen molar-refractivity contribution in [1.82, 2.24) is 5.32 Å². The maximum atomic E-state index is 12.2. The number of ether oxygens (including phenoxy) is 10. The van der Waals surface area contributed by atoms with Gasteiger partial charge >= 0.3 is 6.09 Å². The van der Waals surface area contributed by atoms with Crippen molar-refractivity contribution in [2.75, 3.05) is 137 Å². The predicted octanol–water partition coefficient (Wildman–Crippen LogP) is 4.50. The van der Waals surface area contributed by atoms with Gasteiger partial charge in [-0.3, -0.25) is 0 Å². The molecule has 0 atom stereocenters. The first kappa shape index (κ1) is 41.5. The summed E-state index contributed by atoms with van der Waals surface area (Å²) in [6, 6.07) is 16.6. The van der Waals surface area contributed by atoms with Gasteiger partial charge in [0.05, 0.1) is 112 Å². The summed E-state index contributed by atoms with van der Waals surface area (Å²) < 4.78 is 55.8. The van der Waals surface area contributed by atoms with Crippen LogP contribution in [0.4, 0.5) is 4.79 Å². The van der Waals surface area contributed by atoms with Crippen LogP contribution in [0.25, 0.3) is 11.1 Å². The maximum absolute atomic E-state index is 12.2. The van der Waals surface area contributed by atoms with Crippen molar-refractivity contribution in [2.45, 2.75) is 12.3 Å². The molecule has 0 saturated heterocycles. The summed E-state index contributed by atoms with van der Waals surface area (Å²) in [5.41, 5.74) is 4.82. The van der Waals surface area contributed by atoms with E-state index in [1.54, 1.807) is 0 Å². The van der Waals surface area contributed by atoms with Gasteiger partial charge < -0.3 is 52.7 Å². The van der Waals surface area contributed by atoms with Crippen LogP contribution >= 0.6 is 22.6 Å². The van der Waals surface area contributed by atoms with Crippen molar-refractivity contribution in [3.8, 4) is 11.1 Å². The second kappa shape index (κ2) is 28.7. The van der Waals surface area contributed by atoms with E-state index in [0.29, 0.717) is 132 Å². The average Bonchev–Trinajstić information content (AvgIpc) is 3.45. The molecule has 3 rings (SSSR count). The number of nitrogens with one attached hydrogen (secondary N) is 1. The minimum Gasteiger partial charge on any atom is -0.449 e.